The largest absolute Gasteiger partial charge is 0.435 e. The molecule has 0 saturated heterocycles. The quantitative estimate of drug-likeness (QED) is 0.910. The van der Waals surface area contributed by atoms with E-state index >= 15 is 0 Å². The summed E-state index contributed by atoms with van der Waals surface area (Å²) < 4.78 is 38.8. The zero-order valence-corrected chi connectivity index (χ0v) is 12.0. The molecule has 0 saturated carbocycles. The van der Waals surface area contributed by atoms with Crippen molar-refractivity contribution >= 4 is 0 Å². The summed E-state index contributed by atoms with van der Waals surface area (Å²) in [7, 11) is 0. The van der Waals surface area contributed by atoms with E-state index in [2.05, 4.69) is 24.3 Å². The highest BCUT2D eigenvalue weighted by Crippen LogP contribution is 2.27. The van der Waals surface area contributed by atoms with Crippen molar-refractivity contribution in [2.24, 2.45) is 0 Å². The van der Waals surface area contributed by atoms with Gasteiger partial charge in [0, 0.05) is 18.8 Å². The summed E-state index contributed by atoms with van der Waals surface area (Å²) in [6.45, 7) is 4.95. The first-order valence-electron chi connectivity index (χ1n) is 6.85. The zero-order chi connectivity index (χ0) is 15.5. The summed E-state index contributed by atoms with van der Waals surface area (Å²) in [4.78, 5) is 0. The summed E-state index contributed by atoms with van der Waals surface area (Å²) in [5.41, 5.74) is 0.810. The first-order chi connectivity index (χ1) is 9.90. The second-order valence-corrected chi connectivity index (χ2v) is 5.00. The van der Waals surface area contributed by atoms with Crippen molar-refractivity contribution in [1.82, 2.24) is 15.1 Å². The highest BCUT2D eigenvalue weighted by Gasteiger charge is 2.33. The van der Waals surface area contributed by atoms with Gasteiger partial charge in [-0.2, -0.15) is 18.3 Å². The summed E-state index contributed by atoms with van der Waals surface area (Å²) in [5.74, 6) is 0. The smallest absolute Gasteiger partial charge is 0.310 e. The van der Waals surface area contributed by atoms with Crippen molar-refractivity contribution in [3.05, 3.63) is 47.8 Å². The van der Waals surface area contributed by atoms with Crippen LogP contribution in [0.1, 0.15) is 31.5 Å². The van der Waals surface area contributed by atoms with Gasteiger partial charge in [0.25, 0.3) is 0 Å². The van der Waals surface area contributed by atoms with Crippen LogP contribution in [0.15, 0.2) is 36.5 Å². The van der Waals surface area contributed by atoms with Crippen LogP contribution in [-0.4, -0.2) is 15.8 Å². The van der Waals surface area contributed by atoms with Crippen LogP contribution in [0.4, 0.5) is 13.2 Å². The Balaban J connectivity index is 2.07. The Labute approximate surface area is 121 Å². The normalized spacial score (nSPS) is 13.4. The standard InChI is InChI=1S/C15H18F3N3/c1-3-11(2)19-10-12-4-6-13(7-5-12)21-9-8-14(20-21)15(16,17)18/h4-9,11,19H,3,10H2,1-2H3. The molecule has 0 aliphatic rings. The molecule has 1 atom stereocenters. The SMILES string of the molecule is CCC(C)NCc1ccc(-n2ccc(C(F)(F)F)n2)cc1. The second-order valence-electron chi connectivity index (χ2n) is 5.00. The predicted molar refractivity (Wildman–Crippen MR) is 75.2 cm³/mol. The third-order valence-electron chi connectivity index (χ3n) is 3.35. The maximum Gasteiger partial charge on any atom is 0.435 e. The predicted octanol–water partition coefficient (Wildman–Crippen LogP) is 3.78. The third-order valence-corrected chi connectivity index (χ3v) is 3.35. The minimum Gasteiger partial charge on any atom is -0.310 e. The van der Waals surface area contributed by atoms with Gasteiger partial charge in [-0.15, -0.1) is 0 Å². The van der Waals surface area contributed by atoms with Crippen LogP contribution in [0.3, 0.4) is 0 Å². The molecule has 0 aliphatic heterocycles. The van der Waals surface area contributed by atoms with E-state index in [1.807, 2.05) is 12.1 Å². The third kappa shape index (κ3) is 4.07. The molecule has 2 aromatic rings. The Hall–Kier alpha value is -1.82. The van der Waals surface area contributed by atoms with Gasteiger partial charge in [0.05, 0.1) is 5.69 Å². The number of nitrogens with zero attached hydrogens (tertiary/aromatic N) is 2. The Morgan fingerprint density at radius 1 is 1.19 bits per heavy atom. The van der Waals surface area contributed by atoms with Gasteiger partial charge in [-0.1, -0.05) is 19.1 Å². The molecule has 1 N–H and O–H groups in total. The minimum atomic E-state index is -4.41. The lowest BCUT2D eigenvalue weighted by Gasteiger charge is -2.11. The molecule has 3 nitrogen and oxygen atoms in total. The van der Waals surface area contributed by atoms with Gasteiger partial charge in [-0.25, -0.2) is 4.68 Å². The van der Waals surface area contributed by atoms with Crippen LogP contribution in [0, 0.1) is 0 Å². The first-order valence-corrected chi connectivity index (χ1v) is 6.85. The lowest BCUT2D eigenvalue weighted by Crippen LogP contribution is -2.24. The van der Waals surface area contributed by atoms with E-state index in [1.54, 1.807) is 12.1 Å². The molecule has 2 rings (SSSR count). The molecule has 0 aliphatic carbocycles. The topological polar surface area (TPSA) is 29.9 Å². The molecular weight excluding hydrogens is 279 g/mol. The number of benzene rings is 1. The van der Waals surface area contributed by atoms with Gasteiger partial charge in [0.1, 0.15) is 0 Å². The first kappa shape index (κ1) is 15.6. The maximum atomic E-state index is 12.5. The highest BCUT2D eigenvalue weighted by atomic mass is 19.4. The van der Waals surface area contributed by atoms with Crippen molar-refractivity contribution < 1.29 is 13.2 Å². The molecule has 1 unspecified atom stereocenters. The Morgan fingerprint density at radius 3 is 2.38 bits per heavy atom. The van der Waals surface area contributed by atoms with Crippen molar-refractivity contribution in [2.45, 2.75) is 39.0 Å². The molecule has 0 spiro atoms. The number of hydrogen-bond acceptors (Lipinski definition) is 2. The van der Waals surface area contributed by atoms with Crippen molar-refractivity contribution in [2.75, 3.05) is 0 Å². The van der Waals surface area contributed by atoms with Gasteiger partial charge in [0.15, 0.2) is 5.69 Å². The number of hydrogen-bond donors (Lipinski definition) is 1. The molecule has 0 amide bonds. The summed E-state index contributed by atoms with van der Waals surface area (Å²) >= 11 is 0. The monoisotopic (exact) mass is 297 g/mol. The fourth-order valence-electron chi connectivity index (χ4n) is 1.82. The van der Waals surface area contributed by atoms with E-state index in [9.17, 15) is 13.2 Å². The van der Waals surface area contributed by atoms with Gasteiger partial charge >= 0.3 is 6.18 Å². The summed E-state index contributed by atoms with van der Waals surface area (Å²) in [6.07, 6.45) is -2.05. The fraction of sp³-hybridized carbons (Fsp3) is 0.400. The van der Waals surface area contributed by atoms with Crippen LogP contribution in [0.2, 0.25) is 0 Å². The van der Waals surface area contributed by atoms with Crippen LogP contribution in [0.5, 0.6) is 0 Å². The number of aromatic nitrogens is 2. The van der Waals surface area contributed by atoms with Gasteiger partial charge < -0.3 is 5.32 Å². The highest BCUT2D eigenvalue weighted by molar-refractivity contribution is 5.34. The number of rotatable bonds is 5. The molecule has 6 heteroatoms. The molecular formula is C15H18F3N3. The van der Waals surface area contributed by atoms with Crippen molar-refractivity contribution in [1.29, 1.82) is 0 Å². The van der Waals surface area contributed by atoms with E-state index in [-0.39, 0.29) is 0 Å². The van der Waals surface area contributed by atoms with Crippen molar-refractivity contribution in [3.63, 3.8) is 0 Å². The number of halogens is 3. The average molecular weight is 297 g/mol. The van der Waals surface area contributed by atoms with Crippen LogP contribution in [-0.2, 0) is 12.7 Å². The lowest BCUT2D eigenvalue weighted by molar-refractivity contribution is -0.141. The lowest BCUT2D eigenvalue weighted by atomic mass is 10.2. The molecule has 1 heterocycles. The van der Waals surface area contributed by atoms with E-state index in [0.717, 1.165) is 24.6 Å². The van der Waals surface area contributed by atoms with Gasteiger partial charge in [-0.3, -0.25) is 0 Å². The molecule has 0 bridgehead atoms. The fourth-order valence-corrected chi connectivity index (χ4v) is 1.82. The molecule has 114 valence electrons. The Bertz CT molecular complexity index is 573. The van der Waals surface area contributed by atoms with Gasteiger partial charge in [0.2, 0.25) is 0 Å². The van der Waals surface area contributed by atoms with Gasteiger partial charge in [-0.05, 0) is 37.1 Å². The summed E-state index contributed by atoms with van der Waals surface area (Å²) in [6, 6.07) is 8.71. The Morgan fingerprint density at radius 2 is 1.86 bits per heavy atom. The Kier molecular flexibility index (Phi) is 4.67. The van der Waals surface area contributed by atoms with Crippen LogP contribution in [0.25, 0.3) is 5.69 Å². The molecule has 0 fully saturated rings. The van der Waals surface area contributed by atoms with Crippen LogP contribution < -0.4 is 5.32 Å². The maximum absolute atomic E-state index is 12.5. The minimum absolute atomic E-state index is 0.435. The zero-order valence-electron chi connectivity index (χ0n) is 12.0. The average Bonchev–Trinajstić information content (AvgIpc) is 2.95. The molecule has 21 heavy (non-hydrogen) atoms. The van der Waals surface area contributed by atoms with E-state index in [1.165, 1.54) is 10.9 Å². The van der Waals surface area contributed by atoms with Crippen molar-refractivity contribution in [3.8, 4) is 5.69 Å². The summed E-state index contributed by atoms with van der Waals surface area (Å²) in [5, 5.41) is 6.91. The second kappa shape index (κ2) is 6.30. The van der Waals surface area contributed by atoms with Crippen LogP contribution >= 0.6 is 0 Å². The van der Waals surface area contributed by atoms with E-state index in [4.69, 9.17) is 0 Å². The molecule has 0 radical (unpaired) electrons. The van der Waals surface area contributed by atoms with E-state index < -0.39 is 11.9 Å². The number of alkyl halides is 3. The molecule has 1 aromatic carbocycles. The molecule has 1 aromatic heterocycles. The number of nitrogens with one attached hydrogen (secondary N) is 1. The van der Waals surface area contributed by atoms with E-state index in [0.29, 0.717) is 11.7 Å².